The van der Waals surface area contributed by atoms with Gasteiger partial charge in [0.05, 0.1) is 17.4 Å². The second kappa shape index (κ2) is 8.54. The van der Waals surface area contributed by atoms with Gasteiger partial charge in [0.25, 0.3) is 11.5 Å². The molecule has 2 N–H and O–H groups in total. The largest absolute Gasteiger partial charge is 0.333 e. The first kappa shape index (κ1) is 22.3. The van der Waals surface area contributed by atoms with Crippen molar-refractivity contribution in [1.29, 1.82) is 0 Å². The summed E-state index contributed by atoms with van der Waals surface area (Å²) in [4.78, 5) is 61.2. The average Bonchev–Trinajstić information content (AvgIpc) is 3.31. The standard InChI is InChI=1S/C22H26ClN5O4/c1-3-10-27(12-17-24-16-11-14(23)6-7-15(16)18(29)25-17)19(30)13(2)28-20(31)22(26-21(28)32)8-4-5-9-22/h6-7,11,13H,3-5,8-10,12H2,1-2H3,(H,26,32)(H,24,25,29). The Hall–Kier alpha value is -2.94. The minimum Gasteiger partial charge on any atom is -0.333 e. The molecule has 1 spiro atoms. The highest BCUT2D eigenvalue weighted by atomic mass is 35.5. The van der Waals surface area contributed by atoms with Gasteiger partial charge in [0.15, 0.2) is 0 Å². The van der Waals surface area contributed by atoms with Gasteiger partial charge in [-0.15, -0.1) is 0 Å². The lowest BCUT2D eigenvalue weighted by Gasteiger charge is -2.29. The number of urea groups is 1. The number of hydrogen-bond acceptors (Lipinski definition) is 5. The van der Waals surface area contributed by atoms with E-state index in [-0.39, 0.29) is 23.9 Å². The van der Waals surface area contributed by atoms with Crippen LogP contribution in [-0.4, -0.2) is 55.7 Å². The Kier molecular flexibility index (Phi) is 5.94. The van der Waals surface area contributed by atoms with Gasteiger partial charge >= 0.3 is 6.03 Å². The van der Waals surface area contributed by atoms with Crippen molar-refractivity contribution in [1.82, 2.24) is 25.1 Å². The molecule has 4 amide bonds. The van der Waals surface area contributed by atoms with Crippen LogP contribution in [0.4, 0.5) is 4.79 Å². The monoisotopic (exact) mass is 459 g/mol. The molecule has 4 rings (SSSR count). The first-order valence-corrected chi connectivity index (χ1v) is 11.3. The number of imide groups is 1. The van der Waals surface area contributed by atoms with Crippen molar-refractivity contribution in [3.05, 3.63) is 39.4 Å². The number of rotatable bonds is 6. The Morgan fingerprint density at radius 3 is 2.69 bits per heavy atom. The van der Waals surface area contributed by atoms with Crippen molar-refractivity contribution in [2.24, 2.45) is 0 Å². The van der Waals surface area contributed by atoms with E-state index in [1.54, 1.807) is 25.1 Å². The van der Waals surface area contributed by atoms with Gasteiger partial charge < -0.3 is 15.2 Å². The number of nitrogens with one attached hydrogen (secondary N) is 2. The third-order valence-corrected chi connectivity index (χ3v) is 6.49. The Labute approximate surface area is 190 Å². The van der Waals surface area contributed by atoms with Crippen molar-refractivity contribution in [2.45, 2.75) is 64.1 Å². The van der Waals surface area contributed by atoms with E-state index in [0.29, 0.717) is 47.6 Å². The number of nitrogens with zero attached hydrogens (tertiary/aromatic N) is 3. The van der Waals surface area contributed by atoms with Crippen molar-refractivity contribution in [3.8, 4) is 0 Å². The third kappa shape index (κ3) is 3.85. The van der Waals surface area contributed by atoms with Crippen LogP contribution in [-0.2, 0) is 16.1 Å². The molecular formula is C22H26ClN5O4. The van der Waals surface area contributed by atoms with Gasteiger partial charge in [-0.05, 0) is 44.4 Å². The molecule has 2 aromatic rings. The molecule has 1 aromatic heterocycles. The minimum absolute atomic E-state index is 0.0451. The molecule has 2 aliphatic rings. The number of carbonyl (C=O) groups is 3. The number of aromatic nitrogens is 2. The van der Waals surface area contributed by atoms with Crippen LogP contribution in [0, 0.1) is 0 Å². The summed E-state index contributed by atoms with van der Waals surface area (Å²) in [6, 6.07) is 3.32. The molecule has 1 saturated heterocycles. The van der Waals surface area contributed by atoms with Crippen molar-refractivity contribution in [2.75, 3.05) is 6.54 Å². The molecule has 1 unspecified atom stereocenters. The highest BCUT2D eigenvalue weighted by Gasteiger charge is 2.54. The van der Waals surface area contributed by atoms with Crippen LogP contribution in [0.15, 0.2) is 23.0 Å². The third-order valence-electron chi connectivity index (χ3n) is 6.26. The van der Waals surface area contributed by atoms with E-state index in [2.05, 4.69) is 15.3 Å². The predicted octanol–water partition coefficient (Wildman–Crippen LogP) is 2.57. The number of aromatic amines is 1. The smallest absolute Gasteiger partial charge is 0.325 e. The number of halogens is 1. The van der Waals surface area contributed by atoms with E-state index in [1.165, 1.54) is 4.90 Å². The molecule has 1 saturated carbocycles. The molecule has 32 heavy (non-hydrogen) atoms. The first-order valence-electron chi connectivity index (χ1n) is 10.9. The SMILES string of the molecule is CCCN(Cc1nc2cc(Cl)ccc2c(=O)[nH]1)C(=O)C(C)N1C(=O)NC2(CCCC2)C1=O. The summed E-state index contributed by atoms with van der Waals surface area (Å²) in [5.41, 5.74) is -0.757. The molecule has 2 heterocycles. The zero-order valence-corrected chi connectivity index (χ0v) is 18.9. The highest BCUT2D eigenvalue weighted by Crippen LogP contribution is 2.36. The van der Waals surface area contributed by atoms with Crippen molar-refractivity contribution >= 4 is 40.3 Å². The van der Waals surface area contributed by atoms with Crippen LogP contribution < -0.4 is 10.9 Å². The van der Waals surface area contributed by atoms with Crippen LogP contribution in [0.5, 0.6) is 0 Å². The second-order valence-electron chi connectivity index (χ2n) is 8.50. The van der Waals surface area contributed by atoms with Crippen LogP contribution in [0.1, 0.15) is 51.8 Å². The fraction of sp³-hybridized carbons (Fsp3) is 0.500. The zero-order valence-electron chi connectivity index (χ0n) is 18.1. The van der Waals surface area contributed by atoms with Gasteiger partial charge in [-0.2, -0.15) is 0 Å². The van der Waals surface area contributed by atoms with Crippen molar-refractivity contribution in [3.63, 3.8) is 0 Å². The summed E-state index contributed by atoms with van der Waals surface area (Å²) in [5.74, 6) is -0.397. The molecule has 1 aliphatic carbocycles. The van der Waals surface area contributed by atoms with Crippen LogP contribution in [0.3, 0.4) is 0 Å². The number of benzene rings is 1. The molecular weight excluding hydrogens is 434 g/mol. The molecule has 2 fully saturated rings. The Balaban J connectivity index is 1.58. The number of fused-ring (bicyclic) bond motifs is 1. The van der Waals surface area contributed by atoms with E-state index in [4.69, 9.17) is 11.6 Å². The molecule has 10 heteroatoms. The number of amides is 4. The highest BCUT2D eigenvalue weighted by molar-refractivity contribution is 6.31. The molecule has 0 radical (unpaired) electrons. The molecule has 1 aliphatic heterocycles. The van der Waals surface area contributed by atoms with Gasteiger partial charge in [-0.1, -0.05) is 31.4 Å². The normalized spacial score (nSPS) is 18.4. The summed E-state index contributed by atoms with van der Waals surface area (Å²) in [6.45, 7) is 3.91. The van der Waals surface area contributed by atoms with Crippen LogP contribution >= 0.6 is 11.6 Å². The summed E-state index contributed by atoms with van der Waals surface area (Å²) in [6.07, 6.45) is 3.59. The molecule has 0 bridgehead atoms. The maximum absolute atomic E-state index is 13.3. The van der Waals surface area contributed by atoms with Gasteiger partial charge in [-0.25, -0.2) is 14.7 Å². The number of hydrogen-bond donors (Lipinski definition) is 2. The molecule has 1 aromatic carbocycles. The topological polar surface area (TPSA) is 115 Å². The summed E-state index contributed by atoms with van der Waals surface area (Å²) < 4.78 is 0. The van der Waals surface area contributed by atoms with E-state index >= 15 is 0 Å². The lowest BCUT2D eigenvalue weighted by atomic mass is 9.97. The number of H-pyrrole nitrogens is 1. The zero-order chi connectivity index (χ0) is 23.0. The van der Waals surface area contributed by atoms with E-state index < -0.39 is 17.6 Å². The maximum atomic E-state index is 13.3. The lowest BCUT2D eigenvalue weighted by Crippen LogP contribution is -2.51. The Bertz CT molecular complexity index is 1140. The minimum atomic E-state index is -0.962. The lowest BCUT2D eigenvalue weighted by molar-refractivity contribution is -0.143. The Morgan fingerprint density at radius 2 is 2.00 bits per heavy atom. The quantitative estimate of drug-likeness (QED) is 0.644. The summed E-state index contributed by atoms with van der Waals surface area (Å²) >= 11 is 6.03. The Morgan fingerprint density at radius 1 is 1.28 bits per heavy atom. The van der Waals surface area contributed by atoms with Gasteiger partial charge in [0.2, 0.25) is 5.91 Å². The van der Waals surface area contributed by atoms with Crippen LogP contribution in [0.25, 0.3) is 10.9 Å². The van der Waals surface area contributed by atoms with Gasteiger partial charge in [0.1, 0.15) is 17.4 Å². The molecule has 1 atom stereocenters. The van der Waals surface area contributed by atoms with Gasteiger partial charge in [-0.3, -0.25) is 14.4 Å². The van der Waals surface area contributed by atoms with E-state index in [0.717, 1.165) is 17.7 Å². The summed E-state index contributed by atoms with van der Waals surface area (Å²) in [5, 5.41) is 3.67. The molecule has 9 nitrogen and oxygen atoms in total. The average molecular weight is 460 g/mol. The first-order chi connectivity index (χ1) is 15.3. The number of carbonyl (C=O) groups excluding carboxylic acids is 3. The molecule has 170 valence electrons. The maximum Gasteiger partial charge on any atom is 0.325 e. The van der Waals surface area contributed by atoms with E-state index in [9.17, 15) is 19.2 Å². The van der Waals surface area contributed by atoms with Crippen molar-refractivity contribution < 1.29 is 14.4 Å². The predicted molar refractivity (Wildman–Crippen MR) is 119 cm³/mol. The van der Waals surface area contributed by atoms with Gasteiger partial charge in [0, 0.05) is 11.6 Å². The second-order valence-corrected chi connectivity index (χ2v) is 8.94. The van der Waals surface area contributed by atoms with Crippen LogP contribution in [0.2, 0.25) is 5.02 Å². The van der Waals surface area contributed by atoms with E-state index in [1.807, 2.05) is 6.92 Å². The fourth-order valence-corrected chi connectivity index (χ4v) is 4.81. The fourth-order valence-electron chi connectivity index (χ4n) is 4.64. The summed E-state index contributed by atoms with van der Waals surface area (Å²) in [7, 11) is 0.